The van der Waals surface area contributed by atoms with E-state index in [2.05, 4.69) is 16.0 Å². The molecule has 1 saturated heterocycles. The first-order valence-corrected chi connectivity index (χ1v) is 7.74. The van der Waals surface area contributed by atoms with Crippen molar-refractivity contribution in [1.29, 1.82) is 0 Å². The lowest BCUT2D eigenvalue weighted by molar-refractivity contribution is -0.134. The predicted octanol–water partition coefficient (Wildman–Crippen LogP) is 0.710. The van der Waals surface area contributed by atoms with Crippen molar-refractivity contribution in [2.24, 2.45) is 5.92 Å². The molecule has 5 nitrogen and oxygen atoms in total. The number of aliphatic hydroxyl groups is 1. The molecule has 5 heteroatoms. The summed E-state index contributed by atoms with van der Waals surface area (Å²) in [6.45, 7) is 5.79. The molecule has 0 bridgehead atoms. The molecule has 0 aromatic carbocycles. The van der Waals surface area contributed by atoms with Crippen molar-refractivity contribution in [3.63, 3.8) is 0 Å². The zero-order valence-corrected chi connectivity index (χ0v) is 12.5. The molecular formula is C16H23N3O2. The maximum Gasteiger partial charge on any atom is 0.226 e. The van der Waals surface area contributed by atoms with Gasteiger partial charge in [0.15, 0.2) is 0 Å². The fourth-order valence-corrected chi connectivity index (χ4v) is 3.19. The van der Waals surface area contributed by atoms with Gasteiger partial charge in [0.1, 0.15) is 0 Å². The first-order valence-electron chi connectivity index (χ1n) is 7.74. The standard InChI is InChI=1S/C16H23N3O2/c1-12(20)11-18-5-7-19(8-6-18)16(21)15-9-14(15)13-3-2-4-17-10-13/h2-4,10,12,14-15,20H,5-9,11H2,1H3/t12-,14-,15-/m0/s1. The average molecular weight is 289 g/mol. The number of nitrogens with zero attached hydrogens (tertiary/aromatic N) is 3. The molecule has 2 heterocycles. The summed E-state index contributed by atoms with van der Waals surface area (Å²) in [5, 5.41) is 9.41. The summed E-state index contributed by atoms with van der Waals surface area (Å²) in [4.78, 5) is 20.9. The monoisotopic (exact) mass is 289 g/mol. The van der Waals surface area contributed by atoms with E-state index >= 15 is 0 Å². The molecule has 0 unspecified atom stereocenters. The van der Waals surface area contributed by atoms with Crippen LogP contribution in [0.5, 0.6) is 0 Å². The van der Waals surface area contributed by atoms with Crippen LogP contribution < -0.4 is 0 Å². The topological polar surface area (TPSA) is 56.7 Å². The van der Waals surface area contributed by atoms with Crippen LogP contribution in [-0.2, 0) is 4.79 Å². The molecular weight excluding hydrogens is 266 g/mol. The van der Waals surface area contributed by atoms with E-state index in [1.54, 1.807) is 13.1 Å². The van der Waals surface area contributed by atoms with Gasteiger partial charge in [0, 0.05) is 51.0 Å². The van der Waals surface area contributed by atoms with Crippen molar-refractivity contribution in [2.45, 2.75) is 25.4 Å². The minimum Gasteiger partial charge on any atom is -0.392 e. The third kappa shape index (κ3) is 3.41. The molecule has 1 aliphatic heterocycles. The molecule has 2 fully saturated rings. The first-order chi connectivity index (χ1) is 10.1. The highest BCUT2D eigenvalue weighted by molar-refractivity contribution is 5.83. The van der Waals surface area contributed by atoms with Crippen LogP contribution in [0.1, 0.15) is 24.8 Å². The molecule has 1 aliphatic carbocycles. The summed E-state index contributed by atoms with van der Waals surface area (Å²) in [7, 11) is 0. The van der Waals surface area contributed by atoms with Gasteiger partial charge in [0.05, 0.1) is 6.10 Å². The quantitative estimate of drug-likeness (QED) is 0.887. The van der Waals surface area contributed by atoms with Gasteiger partial charge in [-0.1, -0.05) is 6.07 Å². The van der Waals surface area contributed by atoms with E-state index in [4.69, 9.17) is 0 Å². The van der Waals surface area contributed by atoms with E-state index in [1.807, 2.05) is 17.2 Å². The molecule has 21 heavy (non-hydrogen) atoms. The van der Waals surface area contributed by atoms with Gasteiger partial charge in [0.2, 0.25) is 5.91 Å². The van der Waals surface area contributed by atoms with E-state index in [0.29, 0.717) is 18.4 Å². The summed E-state index contributed by atoms with van der Waals surface area (Å²) in [5.74, 6) is 0.805. The lowest BCUT2D eigenvalue weighted by Crippen LogP contribution is -2.50. The predicted molar refractivity (Wildman–Crippen MR) is 79.8 cm³/mol. The number of rotatable bonds is 4. The summed E-state index contributed by atoms with van der Waals surface area (Å²) in [5.41, 5.74) is 1.18. The second-order valence-corrected chi connectivity index (χ2v) is 6.21. The highest BCUT2D eigenvalue weighted by atomic mass is 16.3. The van der Waals surface area contributed by atoms with Crippen LogP contribution in [0.4, 0.5) is 0 Å². The Morgan fingerprint density at radius 1 is 1.43 bits per heavy atom. The fourth-order valence-electron chi connectivity index (χ4n) is 3.19. The molecule has 3 rings (SSSR count). The van der Waals surface area contributed by atoms with E-state index in [1.165, 1.54) is 5.56 Å². The number of aliphatic hydroxyl groups excluding tert-OH is 1. The number of amides is 1. The van der Waals surface area contributed by atoms with Gasteiger partial charge in [-0.15, -0.1) is 0 Å². The van der Waals surface area contributed by atoms with Crippen molar-refractivity contribution in [2.75, 3.05) is 32.7 Å². The molecule has 0 radical (unpaired) electrons. The number of aromatic nitrogens is 1. The van der Waals surface area contributed by atoms with E-state index in [9.17, 15) is 9.90 Å². The van der Waals surface area contributed by atoms with Crippen molar-refractivity contribution in [3.8, 4) is 0 Å². The fraction of sp³-hybridized carbons (Fsp3) is 0.625. The summed E-state index contributed by atoms with van der Waals surface area (Å²) in [6.07, 6.45) is 4.30. The van der Waals surface area contributed by atoms with Gasteiger partial charge in [0.25, 0.3) is 0 Å². The van der Waals surface area contributed by atoms with Gasteiger partial charge in [-0.25, -0.2) is 0 Å². The minimum absolute atomic E-state index is 0.150. The Kier molecular flexibility index (Phi) is 4.22. The van der Waals surface area contributed by atoms with E-state index < -0.39 is 0 Å². The van der Waals surface area contributed by atoms with Gasteiger partial charge in [-0.2, -0.15) is 0 Å². The van der Waals surface area contributed by atoms with Crippen LogP contribution in [0.3, 0.4) is 0 Å². The molecule has 3 atom stereocenters. The number of piperazine rings is 1. The Balaban J connectivity index is 1.50. The minimum atomic E-state index is -0.300. The molecule has 1 aromatic rings. The number of carbonyl (C=O) groups is 1. The van der Waals surface area contributed by atoms with Crippen LogP contribution in [0.25, 0.3) is 0 Å². The number of hydrogen-bond donors (Lipinski definition) is 1. The first kappa shape index (κ1) is 14.5. The lowest BCUT2D eigenvalue weighted by Gasteiger charge is -2.35. The van der Waals surface area contributed by atoms with Crippen LogP contribution in [0.2, 0.25) is 0 Å². The van der Waals surface area contributed by atoms with E-state index in [0.717, 1.165) is 32.6 Å². The van der Waals surface area contributed by atoms with Gasteiger partial charge >= 0.3 is 0 Å². The largest absolute Gasteiger partial charge is 0.392 e. The summed E-state index contributed by atoms with van der Waals surface area (Å²) < 4.78 is 0. The Hall–Kier alpha value is -1.46. The molecule has 1 amide bonds. The van der Waals surface area contributed by atoms with Crippen molar-refractivity contribution in [1.82, 2.24) is 14.8 Å². The molecule has 1 N–H and O–H groups in total. The molecule has 1 saturated carbocycles. The average Bonchev–Trinajstić information content (AvgIpc) is 3.28. The third-order valence-electron chi connectivity index (χ3n) is 4.43. The van der Waals surface area contributed by atoms with Crippen LogP contribution in [-0.4, -0.2) is 64.6 Å². The number of hydrogen-bond acceptors (Lipinski definition) is 4. The SMILES string of the molecule is C[C@H](O)CN1CCN(C(=O)[C@H]2C[C@H]2c2cccnc2)CC1. The van der Waals surface area contributed by atoms with Gasteiger partial charge in [-0.05, 0) is 30.9 Å². The number of carbonyl (C=O) groups excluding carboxylic acids is 1. The number of pyridine rings is 1. The number of β-amino-alcohol motifs (C(OH)–C–C–N with tert-alkyl or cyclic N) is 1. The highest BCUT2D eigenvalue weighted by Gasteiger charge is 2.46. The highest BCUT2D eigenvalue weighted by Crippen LogP contribution is 2.48. The third-order valence-corrected chi connectivity index (χ3v) is 4.43. The summed E-state index contributed by atoms with van der Waals surface area (Å²) in [6, 6.07) is 4.00. The lowest BCUT2D eigenvalue weighted by atomic mass is 10.1. The van der Waals surface area contributed by atoms with Crippen LogP contribution >= 0.6 is 0 Å². The Morgan fingerprint density at radius 2 is 2.19 bits per heavy atom. The molecule has 114 valence electrons. The van der Waals surface area contributed by atoms with Crippen molar-refractivity contribution >= 4 is 5.91 Å². The van der Waals surface area contributed by atoms with Crippen LogP contribution in [0.15, 0.2) is 24.5 Å². The normalized spacial score (nSPS) is 27.4. The smallest absolute Gasteiger partial charge is 0.226 e. The van der Waals surface area contributed by atoms with Gasteiger partial charge in [-0.3, -0.25) is 14.7 Å². The Bertz CT molecular complexity index is 484. The van der Waals surface area contributed by atoms with Crippen molar-refractivity contribution in [3.05, 3.63) is 30.1 Å². The zero-order valence-electron chi connectivity index (χ0n) is 12.5. The second kappa shape index (κ2) is 6.12. The second-order valence-electron chi connectivity index (χ2n) is 6.21. The Morgan fingerprint density at radius 3 is 2.81 bits per heavy atom. The van der Waals surface area contributed by atoms with Gasteiger partial charge < -0.3 is 10.0 Å². The molecule has 1 aromatic heterocycles. The summed E-state index contributed by atoms with van der Waals surface area (Å²) >= 11 is 0. The molecule has 2 aliphatic rings. The van der Waals surface area contributed by atoms with Crippen molar-refractivity contribution < 1.29 is 9.90 Å². The van der Waals surface area contributed by atoms with Crippen LogP contribution in [0, 0.1) is 5.92 Å². The molecule has 0 spiro atoms. The maximum atomic E-state index is 12.5. The van der Waals surface area contributed by atoms with E-state index in [-0.39, 0.29) is 12.0 Å². The zero-order chi connectivity index (χ0) is 14.8. The Labute approximate surface area is 125 Å². The maximum absolute atomic E-state index is 12.5.